The standard InChI is InChI=1S/C19H20ClN3O5/c1-13(28-18-7-2-14(20)12-17(18)23(25)26)19(24)21-15-3-5-16(6-4-15)22-8-10-27-11-9-22/h2-7,12-13H,8-11H2,1H3,(H,21,24)/t13-/m1/s1. The molecule has 1 saturated heterocycles. The Labute approximate surface area is 167 Å². The number of carbonyl (C=O) groups is 1. The summed E-state index contributed by atoms with van der Waals surface area (Å²) in [5, 5.41) is 14.1. The molecular weight excluding hydrogens is 386 g/mol. The van der Waals surface area contributed by atoms with Crippen LogP contribution in [0.1, 0.15) is 6.92 Å². The van der Waals surface area contributed by atoms with Crippen LogP contribution in [0.2, 0.25) is 5.02 Å². The summed E-state index contributed by atoms with van der Waals surface area (Å²) >= 11 is 5.79. The van der Waals surface area contributed by atoms with Crippen molar-refractivity contribution in [3.05, 3.63) is 57.6 Å². The smallest absolute Gasteiger partial charge is 0.312 e. The number of hydrogen-bond acceptors (Lipinski definition) is 6. The van der Waals surface area contributed by atoms with Crippen LogP contribution in [0.4, 0.5) is 17.1 Å². The first-order chi connectivity index (χ1) is 13.4. The molecule has 1 aliphatic rings. The van der Waals surface area contributed by atoms with Gasteiger partial charge in [-0.05, 0) is 43.3 Å². The molecule has 0 aromatic heterocycles. The van der Waals surface area contributed by atoms with Gasteiger partial charge in [0.05, 0.1) is 18.1 Å². The largest absolute Gasteiger partial charge is 0.474 e. The van der Waals surface area contributed by atoms with Gasteiger partial charge in [-0.25, -0.2) is 0 Å². The molecule has 3 rings (SSSR count). The second kappa shape index (κ2) is 8.90. The number of rotatable bonds is 6. The minimum absolute atomic E-state index is 0.0142. The lowest BCUT2D eigenvalue weighted by Gasteiger charge is -2.29. The van der Waals surface area contributed by atoms with E-state index in [1.807, 2.05) is 12.1 Å². The predicted molar refractivity (Wildman–Crippen MR) is 106 cm³/mol. The second-order valence-corrected chi connectivity index (χ2v) is 6.70. The highest BCUT2D eigenvalue weighted by Crippen LogP contribution is 2.30. The summed E-state index contributed by atoms with van der Waals surface area (Å²) in [7, 11) is 0. The summed E-state index contributed by atoms with van der Waals surface area (Å²) < 4.78 is 10.8. The van der Waals surface area contributed by atoms with Gasteiger partial charge >= 0.3 is 5.69 Å². The van der Waals surface area contributed by atoms with Crippen molar-refractivity contribution in [1.82, 2.24) is 0 Å². The second-order valence-electron chi connectivity index (χ2n) is 6.26. The Morgan fingerprint density at radius 1 is 1.25 bits per heavy atom. The lowest BCUT2D eigenvalue weighted by molar-refractivity contribution is -0.386. The van der Waals surface area contributed by atoms with Crippen LogP contribution in [0.15, 0.2) is 42.5 Å². The first kappa shape index (κ1) is 19.9. The highest BCUT2D eigenvalue weighted by atomic mass is 35.5. The average molecular weight is 406 g/mol. The van der Waals surface area contributed by atoms with Gasteiger partial charge in [-0.3, -0.25) is 14.9 Å². The van der Waals surface area contributed by atoms with E-state index in [4.69, 9.17) is 21.1 Å². The average Bonchev–Trinajstić information content (AvgIpc) is 2.70. The Morgan fingerprint density at radius 3 is 2.57 bits per heavy atom. The summed E-state index contributed by atoms with van der Waals surface area (Å²) in [6.07, 6.45) is -0.932. The molecule has 0 radical (unpaired) electrons. The molecule has 1 N–H and O–H groups in total. The first-order valence-corrected chi connectivity index (χ1v) is 9.16. The number of carbonyl (C=O) groups excluding carboxylic acids is 1. The zero-order valence-corrected chi connectivity index (χ0v) is 16.0. The van der Waals surface area contributed by atoms with Crippen molar-refractivity contribution in [1.29, 1.82) is 0 Å². The molecule has 1 aliphatic heterocycles. The molecule has 2 aromatic rings. The monoisotopic (exact) mass is 405 g/mol. The van der Waals surface area contributed by atoms with Crippen LogP contribution < -0.4 is 15.0 Å². The van der Waals surface area contributed by atoms with Gasteiger partial charge in [0.2, 0.25) is 0 Å². The molecule has 0 bridgehead atoms. The number of nitro groups is 1. The number of benzene rings is 2. The van der Waals surface area contributed by atoms with Gasteiger partial charge in [0, 0.05) is 35.6 Å². The Bertz CT molecular complexity index is 853. The topological polar surface area (TPSA) is 93.9 Å². The van der Waals surface area contributed by atoms with Crippen molar-refractivity contribution in [2.45, 2.75) is 13.0 Å². The number of nitrogens with zero attached hydrogens (tertiary/aromatic N) is 2. The Morgan fingerprint density at radius 2 is 1.93 bits per heavy atom. The Balaban J connectivity index is 1.62. The van der Waals surface area contributed by atoms with Crippen molar-refractivity contribution < 1.29 is 19.2 Å². The third kappa shape index (κ3) is 4.90. The number of nitrogens with one attached hydrogen (secondary N) is 1. The van der Waals surface area contributed by atoms with Crippen LogP contribution in [0, 0.1) is 10.1 Å². The summed E-state index contributed by atoms with van der Waals surface area (Å²) in [5.41, 5.74) is 1.38. The van der Waals surface area contributed by atoms with Crippen LogP contribution in [0.3, 0.4) is 0 Å². The van der Waals surface area contributed by atoms with E-state index in [1.54, 1.807) is 12.1 Å². The van der Waals surface area contributed by atoms with E-state index < -0.39 is 16.9 Å². The van der Waals surface area contributed by atoms with Crippen molar-refractivity contribution in [3.63, 3.8) is 0 Å². The molecule has 8 nitrogen and oxygen atoms in total. The SMILES string of the molecule is C[C@@H](Oc1ccc(Cl)cc1[N+](=O)[O-])C(=O)Nc1ccc(N2CCOCC2)cc1. The minimum Gasteiger partial charge on any atom is -0.474 e. The van der Waals surface area contributed by atoms with Crippen molar-refractivity contribution >= 4 is 34.6 Å². The van der Waals surface area contributed by atoms with E-state index in [1.165, 1.54) is 25.1 Å². The highest BCUT2D eigenvalue weighted by Gasteiger charge is 2.22. The van der Waals surface area contributed by atoms with Gasteiger partial charge in [0.15, 0.2) is 11.9 Å². The van der Waals surface area contributed by atoms with Crippen LogP contribution in [-0.4, -0.2) is 43.2 Å². The molecular formula is C19H20ClN3O5. The normalized spacial score (nSPS) is 15.0. The third-order valence-corrected chi connectivity index (χ3v) is 4.54. The van der Waals surface area contributed by atoms with Crippen LogP contribution in [0.5, 0.6) is 5.75 Å². The lowest BCUT2D eigenvalue weighted by atomic mass is 10.2. The maximum Gasteiger partial charge on any atom is 0.312 e. The molecule has 1 atom stereocenters. The van der Waals surface area contributed by atoms with Gasteiger partial charge in [-0.1, -0.05) is 11.6 Å². The van der Waals surface area contributed by atoms with Crippen molar-refractivity contribution in [3.8, 4) is 5.75 Å². The number of hydrogen-bond donors (Lipinski definition) is 1. The number of halogens is 1. The highest BCUT2D eigenvalue weighted by molar-refractivity contribution is 6.30. The van der Waals surface area contributed by atoms with E-state index in [0.717, 1.165) is 18.8 Å². The van der Waals surface area contributed by atoms with Crippen molar-refractivity contribution in [2.75, 3.05) is 36.5 Å². The zero-order valence-electron chi connectivity index (χ0n) is 15.3. The molecule has 1 heterocycles. The van der Waals surface area contributed by atoms with Gasteiger partial charge in [-0.2, -0.15) is 0 Å². The van der Waals surface area contributed by atoms with Crippen molar-refractivity contribution in [2.24, 2.45) is 0 Å². The maximum atomic E-state index is 12.4. The molecule has 28 heavy (non-hydrogen) atoms. The summed E-state index contributed by atoms with van der Waals surface area (Å²) in [4.78, 5) is 25.1. The van der Waals surface area contributed by atoms with E-state index in [9.17, 15) is 14.9 Å². The molecule has 0 unspecified atom stereocenters. The van der Waals surface area contributed by atoms with Crippen LogP contribution in [0.25, 0.3) is 0 Å². The molecule has 0 aliphatic carbocycles. The van der Waals surface area contributed by atoms with Gasteiger partial charge in [-0.15, -0.1) is 0 Å². The molecule has 0 spiro atoms. The fraction of sp³-hybridized carbons (Fsp3) is 0.316. The van der Waals surface area contributed by atoms with E-state index in [0.29, 0.717) is 18.9 Å². The van der Waals surface area contributed by atoms with Crippen LogP contribution in [-0.2, 0) is 9.53 Å². The first-order valence-electron chi connectivity index (χ1n) is 8.78. The fourth-order valence-corrected chi connectivity index (χ4v) is 2.96. The molecule has 2 aromatic carbocycles. The molecule has 148 valence electrons. The number of amides is 1. The molecule has 1 fully saturated rings. The summed E-state index contributed by atoms with van der Waals surface area (Å²) in [6, 6.07) is 11.5. The van der Waals surface area contributed by atoms with Gasteiger partial charge in [0.25, 0.3) is 5.91 Å². The number of anilines is 2. The van der Waals surface area contributed by atoms with Gasteiger partial charge < -0.3 is 19.7 Å². The fourth-order valence-electron chi connectivity index (χ4n) is 2.80. The number of morpholine rings is 1. The Kier molecular flexibility index (Phi) is 6.33. The minimum atomic E-state index is -0.932. The summed E-state index contributed by atoms with van der Waals surface area (Å²) in [6.45, 7) is 4.58. The number of nitro benzene ring substituents is 1. The lowest BCUT2D eigenvalue weighted by Crippen LogP contribution is -2.36. The van der Waals surface area contributed by atoms with E-state index in [2.05, 4.69) is 10.2 Å². The van der Waals surface area contributed by atoms with E-state index >= 15 is 0 Å². The van der Waals surface area contributed by atoms with Gasteiger partial charge in [0.1, 0.15) is 0 Å². The van der Waals surface area contributed by atoms with Crippen LogP contribution >= 0.6 is 11.6 Å². The quantitative estimate of drug-likeness (QED) is 0.584. The number of ether oxygens (including phenoxy) is 2. The predicted octanol–water partition coefficient (Wildman–Crippen LogP) is 3.49. The third-order valence-electron chi connectivity index (χ3n) is 4.30. The molecule has 1 amide bonds. The maximum absolute atomic E-state index is 12.4. The van der Waals surface area contributed by atoms with E-state index in [-0.39, 0.29) is 16.5 Å². The summed E-state index contributed by atoms with van der Waals surface area (Å²) in [5.74, 6) is -0.428. The molecule has 9 heteroatoms. The Hall–Kier alpha value is -2.84. The zero-order chi connectivity index (χ0) is 20.1. The molecule has 0 saturated carbocycles.